The van der Waals surface area contributed by atoms with Gasteiger partial charge >= 0.3 is 0 Å². The Morgan fingerprint density at radius 1 is 0.958 bits per heavy atom. The average molecular weight is 378 g/mol. The average Bonchev–Trinajstić information content (AvgIpc) is 3.05. The first-order valence-corrected chi connectivity index (χ1v) is 8.21. The highest BCUT2D eigenvalue weighted by Crippen LogP contribution is 2.22. The number of nitrogens with one attached hydrogen (secondary N) is 1. The van der Waals surface area contributed by atoms with E-state index in [-0.39, 0.29) is 5.78 Å². The highest BCUT2D eigenvalue weighted by molar-refractivity contribution is 9.10. The molecule has 0 atom stereocenters. The first-order valence-electron chi connectivity index (χ1n) is 7.42. The molecule has 2 heterocycles. The molecule has 0 radical (unpaired) electrons. The Hall–Kier alpha value is -2.79. The van der Waals surface area contributed by atoms with Crippen LogP contribution in [-0.2, 0) is 0 Å². The summed E-state index contributed by atoms with van der Waals surface area (Å²) in [6.07, 6.45) is 1.72. The fourth-order valence-corrected chi connectivity index (χ4v) is 2.88. The summed E-state index contributed by atoms with van der Waals surface area (Å²) in [5, 5.41) is 0. The van der Waals surface area contributed by atoms with Gasteiger partial charge in [-0.1, -0.05) is 54.6 Å². The molecule has 4 aromatic rings. The number of ketones is 1. The molecule has 0 aliphatic heterocycles. The fourth-order valence-electron chi connectivity index (χ4n) is 2.55. The monoisotopic (exact) mass is 377 g/mol. The Morgan fingerprint density at radius 2 is 1.67 bits per heavy atom. The molecular formula is C19H12BrN3O. The number of carbonyl (C=O) groups is 1. The molecule has 0 amide bonds. The number of aromatic nitrogens is 3. The van der Waals surface area contributed by atoms with E-state index in [1.54, 1.807) is 6.20 Å². The number of halogens is 1. The van der Waals surface area contributed by atoms with Crippen LogP contribution in [0.3, 0.4) is 0 Å². The van der Waals surface area contributed by atoms with E-state index in [0.717, 1.165) is 21.4 Å². The Balaban J connectivity index is 1.66. The standard InChI is InChI=1S/C19H12BrN3O/c20-15-10-16-19(21-11-15)23-18(22-16)14-8-6-13(7-9-14)17(24)12-4-2-1-3-5-12/h1-11H,(H,21,22,23). The van der Waals surface area contributed by atoms with Gasteiger partial charge < -0.3 is 4.98 Å². The predicted octanol–water partition coefficient (Wildman–Crippen LogP) is 4.62. The Kier molecular flexibility index (Phi) is 3.70. The summed E-state index contributed by atoms with van der Waals surface area (Å²) in [6.45, 7) is 0. The van der Waals surface area contributed by atoms with Crippen LogP contribution < -0.4 is 0 Å². The van der Waals surface area contributed by atoms with Crippen molar-refractivity contribution in [1.82, 2.24) is 15.0 Å². The Labute approximate surface area is 146 Å². The third-order valence-corrected chi connectivity index (χ3v) is 4.19. The van der Waals surface area contributed by atoms with Gasteiger partial charge in [0.25, 0.3) is 0 Å². The molecule has 2 aromatic carbocycles. The first kappa shape index (κ1) is 14.8. The Morgan fingerprint density at radius 3 is 2.42 bits per heavy atom. The first-order chi connectivity index (χ1) is 11.7. The molecule has 0 aliphatic rings. The molecule has 0 spiro atoms. The number of benzene rings is 2. The molecule has 24 heavy (non-hydrogen) atoms. The van der Waals surface area contributed by atoms with E-state index in [9.17, 15) is 4.79 Å². The van der Waals surface area contributed by atoms with E-state index in [0.29, 0.717) is 16.8 Å². The van der Waals surface area contributed by atoms with Crippen molar-refractivity contribution in [1.29, 1.82) is 0 Å². The molecule has 4 rings (SSSR count). The van der Waals surface area contributed by atoms with Crippen LogP contribution >= 0.6 is 15.9 Å². The second-order valence-corrected chi connectivity index (χ2v) is 6.30. The topological polar surface area (TPSA) is 58.6 Å². The van der Waals surface area contributed by atoms with Gasteiger partial charge in [-0.25, -0.2) is 9.97 Å². The third-order valence-electron chi connectivity index (χ3n) is 3.76. The number of imidazole rings is 1. The molecule has 0 saturated carbocycles. The van der Waals surface area contributed by atoms with Crippen molar-refractivity contribution in [3.63, 3.8) is 0 Å². The molecule has 116 valence electrons. The predicted molar refractivity (Wildman–Crippen MR) is 96.9 cm³/mol. The second-order valence-electron chi connectivity index (χ2n) is 5.38. The second kappa shape index (κ2) is 6.02. The molecule has 0 saturated heterocycles. The van der Waals surface area contributed by atoms with Crippen LogP contribution in [0.25, 0.3) is 22.6 Å². The molecule has 2 aromatic heterocycles. The normalized spacial score (nSPS) is 10.9. The van der Waals surface area contributed by atoms with Gasteiger partial charge in [-0.15, -0.1) is 0 Å². The lowest BCUT2D eigenvalue weighted by molar-refractivity contribution is 0.103. The molecule has 0 aliphatic carbocycles. The van der Waals surface area contributed by atoms with Gasteiger partial charge in [0.1, 0.15) is 5.82 Å². The number of hydrogen-bond acceptors (Lipinski definition) is 3. The number of hydrogen-bond donors (Lipinski definition) is 1. The lowest BCUT2D eigenvalue weighted by atomic mass is 10.0. The van der Waals surface area contributed by atoms with Crippen LogP contribution in [0.4, 0.5) is 0 Å². The number of nitrogens with zero attached hydrogens (tertiary/aromatic N) is 2. The van der Waals surface area contributed by atoms with Crippen molar-refractivity contribution in [3.8, 4) is 11.4 Å². The van der Waals surface area contributed by atoms with Gasteiger partial charge in [-0.3, -0.25) is 4.79 Å². The molecule has 0 unspecified atom stereocenters. The molecule has 0 fully saturated rings. The number of H-pyrrole nitrogens is 1. The van der Waals surface area contributed by atoms with E-state index < -0.39 is 0 Å². The van der Waals surface area contributed by atoms with E-state index in [4.69, 9.17) is 0 Å². The van der Waals surface area contributed by atoms with E-state index >= 15 is 0 Å². The Bertz CT molecular complexity index is 1020. The van der Waals surface area contributed by atoms with Gasteiger partial charge in [0.2, 0.25) is 0 Å². The van der Waals surface area contributed by atoms with Crippen molar-refractivity contribution in [2.24, 2.45) is 0 Å². The van der Waals surface area contributed by atoms with Gasteiger partial charge in [0.05, 0.1) is 5.52 Å². The largest absolute Gasteiger partial charge is 0.337 e. The van der Waals surface area contributed by atoms with Crippen LogP contribution in [-0.4, -0.2) is 20.7 Å². The zero-order valence-electron chi connectivity index (χ0n) is 12.5. The number of pyridine rings is 1. The minimum Gasteiger partial charge on any atom is -0.337 e. The summed E-state index contributed by atoms with van der Waals surface area (Å²) < 4.78 is 0.897. The van der Waals surface area contributed by atoms with Crippen molar-refractivity contribution >= 4 is 32.9 Å². The van der Waals surface area contributed by atoms with Crippen LogP contribution in [0.5, 0.6) is 0 Å². The number of rotatable bonds is 3. The molecule has 5 heteroatoms. The zero-order chi connectivity index (χ0) is 16.5. The van der Waals surface area contributed by atoms with E-state index in [1.807, 2.05) is 60.7 Å². The van der Waals surface area contributed by atoms with Crippen molar-refractivity contribution in [3.05, 3.63) is 82.5 Å². The lowest BCUT2D eigenvalue weighted by Crippen LogP contribution is -2.00. The molecular weight excluding hydrogens is 366 g/mol. The van der Waals surface area contributed by atoms with Crippen LogP contribution in [0.1, 0.15) is 15.9 Å². The minimum atomic E-state index is 0.0114. The number of carbonyl (C=O) groups excluding carboxylic acids is 1. The summed E-state index contributed by atoms with van der Waals surface area (Å²) in [7, 11) is 0. The summed E-state index contributed by atoms with van der Waals surface area (Å²) in [5.41, 5.74) is 3.78. The summed E-state index contributed by atoms with van der Waals surface area (Å²) >= 11 is 3.40. The maximum Gasteiger partial charge on any atom is 0.193 e. The third kappa shape index (κ3) is 2.74. The lowest BCUT2D eigenvalue weighted by Gasteiger charge is -2.02. The summed E-state index contributed by atoms with van der Waals surface area (Å²) in [5.74, 6) is 0.742. The summed E-state index contributed by atoms with van der Waals surface area (Å²) in [6, 6.07) is 18.6. The van der Waals surface area contributed by atoms with Crippen LogP contribution in [0.15, 0.2) is 71.3 Å². The SMILES string of the molecule is O=C(c1ccccc1)c1ccc(-c2nc3ncc(Br)cc3[nH]2)cc1. The molecule has 0 bridgehead atoms. The van der Waals surface area contributed by atoms with Gasteiger partial charge in [-0.05, 0) is 22.0 Å². The van der Waals surface area contributed by atoms with E-state index in [2.05, 4.69) is 30.9 Å². The van der Waals surface area contributed by atoms with Crippen molar-refractivity contribution < 1.29 is 4.79 Å². The van der Waals surface area contributed by atoms with E-state index in [1.165, 1.54) is 0 Å². The van der Waals surface area contributed by atoms with Crippen molar-refractivity contribution in [2.75, 3.05) is 0 Å². The van der Waals surface area contributed by atoms with Crippen LogP contribution in [0, 0.1) is 0 Å². The van der Waals surface area contributed by atoms with Crippen LogP contribution in [0.2, 0.25) is 0 Å². The minimum absolute atomic E-state index is 0.0114. The molecule has 4 nitrogen and oxygen atoms in total. The highest BCUT2D eigenvalue weighted by Gasteiger charge is 2.10. The quantitative estimate of drug-likeness (QED) is 0.530. The highest BCUT2D eigenvalue weighted by atomic mass is 79.9. The van der Waals surface area contributed by atoms with Crippen molar-refractivity contribution in [2.45, 2.75) is 0 Å². The maximum atomic E-state index is 12.4. The van der Waals surface area contributed by atoms with Gasteiger partial charge in [0.15, 0.2) is 11.4 Å². The summed E-state index contributed by atoms with van der Waals surface area (Å²) in [4.78, 5) is 24.4. The number of fused-ring (bicyclic) bond motifs is 1. The number of aromatic amines is 1. The van der Waals surface area contributed by atoms with Gasteiger partial charge in [0, 0.05) is 27.4 Å². The smallest absolute Gasteiger partial charge is 0.193 e. The fraction of sp³-hybridized carbons (Fsp3) is 0. The van der Waals surface area contributed by atoms with Gasteiger partial charge in [-0.2, -0.15) is 0 Å². The maximum absolute atomic E-state index is 12.4. The molecule has 1 N–H and O–H groups in total. The zero-order valence-corrected chi connectivity index (χ0v) is 14.1.